The Morgan fingerprint density at radius 3 is 2.57 bits per heavy atom. The number of aromatic nitrogens is 3. The van der Waals surface area contributed by atoms with E-state index in [0.29, 0.717) is 24.3 Å². The Morgan fingerprint density at radius 2 is 1.86 bits per heavy atom. The lowest BCUT2D eigenvalue weighted by Gasteiger charge is -2.09. The van der Waals surface area contributed by atoms with Crippen molar-refractivity contribution in [2.75, 3.05) is 5.32 Å². The van der Waals surface area contributed by atoms with Gasteiger partial charge in [-0.15, -0.1) is 0 Å². The molecule has 0 atom stereocenters. The minimum atomic E-state index is -0.172. The molecule has 7 heteroatoms. The van der Waals surface area contributed by atoms with E-state index in [9.17, 15) is 9.59 Å². The van der Waals surface area contributed by atoms with E-state index in [1.165, 1.54) is 6.33 Å². The number of carbonyl (C=O) groups excluding carboxylic acids is 2. The number of nitrogens with one attached hydrogen (secondary N) is 2. The van der Waals surface area contributed by atoms with Crippen LogP contribution in [0.4, 0.5) is 5.69 Å². The van der Waals surface area contributed by atoms with Crippen LogP contribution in [-0.2, 0) is 17.9 Å². The van der Waals surface area contributed by atoms with Crippen LogP contribution in [0.1, 0.15) is 34.3 Å². The van der Waals surface area contributed by atoms with E-state index in [1.54, 1.807) is 35.3 Å². The first kappa shape index (κ1) is 17.9. The first-order valence-electron chi connectivity index (χ1n) is 9.27. The Bertz CT molecular complexity index is 963. The first-order valence-corrected chi connectivity index (χ1v) is 9.27. The van der Waals surface area contributed by atoms with Crippen molar-refractivity contribution in [3.8, 4) is 0 Å². The van der Waals surface area contributed by atoms with Crippen molar-refractivity contribution in [3.05, 3.63) is 77.9 Å². The van der Waals surface area contributed by atoms with Gasteiger partial charge in [-0.3, -0.25) is 9.59 Å². The van der Waals surface area contributed by atoms with Gasteiger partial charge >= 0.3 is 0 Å². The number of rotatable bonds is 7. The second-order valence-corrected chi connectivity index (χ2v) is 6.94. The van der Waals surface area contributed by atoms with Crippen molar-refractivity contribution in [1.82, 2.24) is 20.1 Å². The van der Waals surface area contributed by atoms with Crippen LogP contribution < -0.4 is 10.6 Å². The predicted octanol–water partition coefficient (Wildman–Crippen LogP) is 2.60. The molecule has 1 fully saturated rings. The number of nitrogens with zero attached hydrogens (tertiary/aromatic N) is 3. The van der Waals surface area contributed by atoms with Crippen LogP contribution >= 0.6 is 0 Å². The summed E-state index contributed by atoms with van der Waals surface area (Å²) in [6.07, 6.45) is 5.08. The van der Waals surface area contributed by atoms with Crippen molar-refractivity contribution in [2.24, 2.45) is 5.92 Å². The average Bonchev–Trinajstić information content (AvgIpc) is 3.45. The van der Waals surface area contributed by atoms with Crippen LogP contribution in [0, 0.1) is 5.92 Å². The van der Waals surface area contributed by atoms with E-state index in [2.05, 4.69) is 20.7 Å². The Kier molecular flexibility index (Phi) is 5.14. The summed E-state index contributed by atoms with van der Waals surface area (Å²) in [7, 11) is 0. The van der Waals surface area contributed by atoms with Crippen LogP contribution in [0.3, 0.4) is 0 Å². The van der Waals surface area contributed by atoms with Crippen molar-refractivity contribution >= 4 is 17.5 Å². The van der Waals surface area contributed by atoms with Crippen LogP contribution in [0.25, 0.3) is 0 Å². The maximum absolute atomic E-state index is 12.4. The molecule has 0 aliphatic heterocycles. The molecule has 0 bridgehead atoms. The molecule has 2 aromatic carbocycles. The quantitative estimate of drug-likeness (QED) is 0.664. The average molecular weight is 375 g/mol. The fraction of sp³-hybridized carbons (Fsp3) is 0.238. The van der Waals surface area contributed by atoms with E-state index in [-0.39, 0.29) is 17.7 Å². The summed E-state index contributed by atoms with van der Waals surface area (Å²) in [4.78, 5) is 28.2. The Labute approximate surface area is 162 Å². The molecule has 7 nitrogen and oxygen atoms in total. The third-order valence-corrected chi connectivity index (χ3v) is 4.63. The highest BCUT2D eigenvalue weighted by atomic mass is 16.2. The normalized spacial score (nSPS) is 13.1. The summed E-state index contributed by atoms with van der Waals surface area (Å²) in [5.74, 6) is -0.0113. The standard InChI is InChI=1S/C21H21N5O2/c27-20(18-2-1-3-19(10-18)25-21(28)17-8-9-17)23-11-15-4-6-16(7-5-15)12-26-14-22-13-24-26/h1-7,10,13-14,17H,8-9,11-12H2,(H,23,27)(H,25,28). The van der Waals surface area contributed by atoms with Gasteiger partial charge in [0.15, 0.2) is 0 Å². The molecule has 1 aliphatic rings. The summed E-state index contributed by atoms with van der Waals surface area (Å²) < 4.78 is 1.76. The number of amides is 2. The van der Waals surface area contributed by atoms with Crippen molar-refractivity contribution in [1.29, 1.82) is 0 Å². The molecular formula is C21H21N5O2. The lowest BCUT2D eigenvalue weighted by Crippen LogP contribution is -2.23. The molecule has 1 heterocycles. The zero-order chi connectivity index (χ0) is 19.3. The summed E-state index contributed by atoms with van der Waals surface area (Å²) in [5.41, 5.74) is 3.30. The van der Waals surface area contributed by atoms with E-state index < -0.39 is 0 Å². The largest absolute Gasteiger partial charge is 0.348 e. The van der Waals surface area contributed by atoms with Gasteiger partial charge in [0.05, 0.1) is 6.54 Å². The van der Waals surface area contributed by atoms with Gasteiger partial charge in [-0.1, -0.05) is 30.3 Å². The Morgan fingerprint density at radius 1 is 1.07 bits per heavy atom. The zero-order valence-electron chi connectivity index (χ0n) is 15.3. The molecule has 2 N–H and O–H groups in total. The molecule has 3 aromatic rings. The number of hydrogen-bond acceptors (Lipinski definition) is 4. The van der Waals surface area contributed by atoms with Crippen LogP contribution in [0.2, 0.25) is 0 Å². The van der Waals surface area contributed by atoms with Gasteiger partial charge in [0, 0.05) is 23.7 Å². The lowest BCUT2D eigenvalue weighted by molar-refractivity contribution is -0.117. The minimum Gasteiger partial charge on any atom is -0.348 e. The Balaban J connectivity index is 1.31. The molecule has 4 rings (SSSR count). The third-order valence-electron chi connectivity index (χ3n) is 4.63. The highest BCUT2D eigenvalue weighted by Crippen LogP contribution is 2.30. The number of anilines is 1. The lowest BCUT2D eigenvalue weighted by atomic mass is 10.1. The van der Waals surface area contributed by atoms with Gasteiger partial charge in [-0.25, -0.2) is 9.67 Å². The van der Waals surface area contributed by atoms with Crippen molar-refractivity contribution in [3.63, 3.8) is 0 Å². The predicted molar refractivity (Wildman–Crippen MR) is 105 cm³/mol. The third kappa shape index (κ3) is 4.62. The van der Waals surface area contributed by atoms with Crippen LogP contribution in [0.5, 0.6) is 0 Å². The summed E-state index contributed by atoms with van der Waals surface area (Å²) >= 11 is 0. The molecule has 0 unspecified atom stereocenters. The molecule has 1 saturated carbocycles. The van der Waals surface area contributed by atoms with E-state index >= 15 is 0 Å². The number of benzene rings is 2. The maximum Gasteiger partial charge on any atom is 0.251 e. The van der Waals surface area contributed by atoms with Gasteiger partial charge in [0.1, 0.15) is 12.7 Å². The van der Waals surface area contributed by atoms with E-state index in [0.717, 1.165) is 24.0 Å². The highest BCUT2D eigenvalue weighted by Gasteiger charge is 2.29. The van der Waals surface area contributed by atoms with Crippen LogP contribution in [0.15, 0.2) is 61.2 Å². The highest BCUT2D eigenvalue weighted by molar-refractivity contribution is 5.98. The van der Waals surface area contributed by atoms with Gasteiger partial charge in [0.25, 0.3) is 5.91 Å². The van der Waals surface area contributed by atoms with Gasteiger partial charge in [0.2, 0.25) is 5.91 Å². The first-order chi connectivity index (χ1) is 13.7. The Hall–Kier alpha value is -3.48. The molecule has 2 amide bonds. The summed E-state index contributed by atoms with van der Waals surface area (Å²) in [6, 6.07) is 15.0. The zero-order valence-corrected chi connectivity index (χ0v) is 15.3. The van der Waals surface area contributed by atoms with Gasteiger partial charge < -0.3 is 10.6 Å². The van der Waals surface area contributed by atoms with Gasteiger partial charge in [-0.2, -0.15) is 5.10 Å². The van der Waals surface area contributed by atoms with Crippen molar-refractivity contribution < 1.29 is 9.59 Å². The molecule has 28 heavy (non-hydrogen) atoms. The molecular weight excluding hydrogens is 354 g/mol. The van der Waals surface area contributed by atoms with E-state index in [1.807, 2.05) is 24.3 Å². The second kappa shape index (κ2) is 8.04. The number of hydrogen-bond donors (Lipinski definition) is 2. The second-order valence-electron chi connectivity index (χ2n) is 6.94. The monoisotopic (exact) mass is 375 g/mol. The van der Waals surface area contributed by atoms with Gasteiger partial charge in [-0.05, 0) is 42.2 Å². The molecule has 0 saturated heterocycles. The summed E-state index contributed by atoms with van der Waals surface area (Å²) in [5, 5.41) is 9.87. The fourth-order valence-corrected chi connectivity index (χ4v) is 2.88. The SMILES string of the molecule is O=C(NCc1ccc(Cn2cncn2)cc1)c1cccc(NC(=O)C2CC2)c1. The molecule has 1 aliphatic carbocycles. The smallest absolute Gasteiger partial charge is 0.251 e. The summed E-state index contributed by atoms with van der Waals surface area (Å²) in [6.45, 7) is 1.09. The van der Waals surface area contributed by atoms with Crippen LogP contribution in [-0.4, -0.2) is 26.6 Å². The maximum atomic E-state index is 12.4. The molecule has 142 valence electrons. The number of carbonyl (C=O) groups is 2. The molecule has 0 spiro atoms. The fourth-order valence-electron chi connectivity index (χ4n) is 2.88. The minimum absolute atomic E-state index is 0.0311. The molecule has 0 radical (unpaired) electrons. The molecule has 1 aromatic heterocycles. The van der Waals surface area contributed by atoms with E-state index in [4.69, 9.17) is 0 Å². The van der Waals surface area contributed by atoms with Crippen molar-refractivity contribution in [2.45, 2.75) is 25.9 Å². The topological polar surface area (TPSA) is 88.9 Å².